The van der Waals surface area contributed by atoms with Crippen LogP contribution in [0.25, 0.3) is 0 Å². The summed E-state index contributed by atoms with van der Waals surface area (Å²) in [6.45, 7) is 3.28. The van der Waals surface area contributed by atoms with E-state index in [0.29, 0.717) is 11.4 Å². The fourth-order valence-electron chi connectivity index (χ4n) is 4.72. The molecule has 1 heterocycles. The van der Waals surface area contributed by atoms with Crippen molar-refractivity contribution in [2.75, 3.05) is 19.6 Å². The van der Waals surface area contributed by atoms with E-state index >= 15 is 0 Å². The lowest BCUT2D eigenvalue weighted by Crippen LogP contribution is -3.19. The molecule has 0 spiro atoms. The largest absolute Gasteiger partial charge is 0.341 e. The Hall–Kier alpha value is -2.68. The molecular formula is C17H20N3O6+. The van der Waals surface area contributed by atoms with Crippen LogP contribution < -0.4 is 4.90 Å². The highest BCUT2D eigenvalue weighted by atomic mass is 16.6. The number of Topliss-reactive ketones (excluding diaryl/α,β-unsaturated/α-hetero) is 2. The number of rotatable bonds is 5. The van der Waals surface area contributed by atoms with Crippen LogP contribution in [0.2, 0.25) is 0 Å². The summed E-state index contributed by atoms with van der Waals surface area (Å²) in [6.07, 6.45) is -0.376. The van der Waals surface area contributed by atoms with E-state index < -0.39 is 38.4 Å². The minimum absolute atomic E-state index is 0.00826. The number of likely N-dealkylation sites (N-methyl/N-ethyl adjacent to an activating group) is 1. The average molecular weight is 362 g/mol. The molecule has 1 aliphatic carbocycles. The molecule has 1 saturated heterocycles. The second-order valence-corrected chi connectivity index (χ2v) is 7.15. The van der Waals surface area contributed by atoms with Crippen molar-refractivity contribution in [3.05, 3.63) is 55.6 Å². The smallest absolute Gasteiger partial charge is 0.322 e. The Morgan fingerprint density at radius 2 is 1.77 bits per heavy atom. The zero-order chi connectivity index (χ0) is 19.3. The predicted octanol–water partition coefficient (Wildman–Crippen LogP) is -0.116. The Morgan fingerprint density at radius 3 is 2.31 bits per heavy atom. The van der Waals surface area contributed by atoms with Gasteiger partial charge in [-0.3, -0.25) is 25.0 Å². The molecule has 0 radical (unpaired) electrons. The summed E-state index contributed by atoms with van der Waals surface area (Å²) >= 11 is 0. The van der Waals surface area contributed by atoms with Crippen LogP contribution >= 0.6 is 0 Å². The zero-order valence-corrected chi connectivity index (χ0v) is 14.6. The molecule has 0 amide bonds. The van der Waals surface area contributed by atoms with Crippen LogP contribution in [0.15, 0.2) is 24.3 Å². The van der Waals surface area contributed by atoms with Crippen LogP contribution in [-0.4, -0.2) is 46.6 Å². The summed E-state index contributed by atoms with van der Waals surface area (Å²) in [5, 5.41) is 24.5. The number of hydrogen-bond donors (Lipinski definition) is 1. The lowest BCUT2D eigenvalue weighted by Gasteiger charge is -2.48. The molecule has 1 fully saturated rings. The van der Waals surface area contributed by atoms with Gasteiger partial charge in [-0.1, -0.05) is 24.3 Å². The van der Waals surface area contributed by atoms with Gasteiger partial charge in [0.25, 0.3) is 0 Å². The number of nitrogens with one attached hydrogen (secondary N) is 1. The summed E-state index contributed by atoms with van der Waals surface area (Å²) < 4.78 is 0. The third-order valence-corrected chi connectivity index (χ3v) is 5.87. The van der Waals surface area contributed by atoms with Gasteiger partial charge in [0.1, 0.15) is 11.7 Å². The average Bonchev–Trinajstić information content (AvgIpc) is 2.59. The predicted molar refractivity (Wildman–Crippen MR) is 89.2 cm³/mol. The Kier molecular flexibility index (Phi) is 4.14. The van der Waals surface area contributed by atoms with Crippen molar-refractivity contribution in [1.29, 1.82) is 0 Å². The van der Waals surface area contributed by atoms with Gasteiger partial charge < -0.3 is 9.69 Å². The number of fused-ring (bicyclic) bond motifs is 4. The molecule has 2 aliphatic rings. The third kappa shape index (κ3) is 2.13. The highest BCUT2D eigenvalue weighted by molar-refractivity contribution is 6.06. The van der Waals surface area contributed by atoms with Crippen molar-refractivity contribution >= 4 is 11.6 Å². The van der Waals surface area contributed by atoms with E-state index in [1.807, 2.05) is 0 Å². The van der Waals surface area contributed by atoms with E-state index in [1.54, 1.807) is 19.1 Å². The van der Waals surface area contributed by atoms with E-state index in [4.69, 9.17) is 0 Å². The summed E-state index contributed by atoms with van der Waals surface area (Å²) in [5.74, 6) is -2.44. The number of hydrogen-bond acceptors (Lipinski definition) is 6. The first-order valence-electron chi connectivity index (χ1n) is 8.48. The van der Waals surface area contributed by atoms with Crippen molar-refractivity contribution in [2.45, 2.75) is 31.3 Å². The maximum absolute atomic E-state index is 13.2. The first kappa shape index (κ1) is 18.1. The highest BCUT2D eigenvalue weighted by Gasteiger charge is 2.79. The van der Waals surface area contributed by atoms with Gasteiger partial charge >= 0.3 is 11.1 Å². The Labute approximate surface area is 149 Å². The summed E-state index contributed by atoms with van der Waals surface area (Å²) in [6, 6.07) is 6.03. The maximum atomic E-state index is 13.2. The topological polar surface area (TPSA) is 125 Å². The van der Waals surface area contributed by atoms with E-state index in [-0.39, 0.29) is 30.6 Å². The number of carbonyl (C=O) groups excluding carboxylic acids is 2. The molecule has 0 aromatic heterocycles. The lowest BCUT2D eigenvalue weighted by molar-refractivity contribution is -0.946. The Bertz CT molecular complexity index is 824. The molecule has 1 aliphatic heterocycles. The molecule has 3 rings (SSSR count). The van der Waals surface area contributed by atoms with Gasteiger partial charge in [0.15, 0.2) is 13.1 Å². The maximum Gasteiger partial charge on any atom is 0.341 e. The second kappa shape index (κ2) is 5.94. The molecule has 9 heteroatoms. The van der Waals surface area contributed by atoms with Crippen molar-refractivity contribution in [3.8, 4) is 0 Å². The van der Waals surface area contributed by atoms with Crippen LogP contribution in [0.4, 0.5) is 0 Å². The number of carbonyl (C=O) groups is 2. The van der Waals surface area contributed by atoms with Gasteiger partial charge in [0, 0.05) is 27.4 Å². The first-order valence-corrected chi connectivity index (χ1v) is 8.48. The monoisotopic (exact) mass is 362 g/mol. The Morgan fingerprint density at radius 1 is 1.19 bits per heavy atom. The minimum atomic E-state index is -2.17. The molecule has 1 aromatic carbocycles. The van der Waals surface area contributed by atoms with Gasteiger partial charge in [-0.05, 0) is 13.8 Å². The zero-order valence-electron chi connectivity index (χ0n) is 14.6. The second-order valence-electron chi connectivity index (χ2n) is 7.15. The van der Waals surface area contributed by atoms with Gasteiger partial charge in [-0.25, -0.2) is 0 Å². The Balaban J connectivity index is 2.43. The number of quaternary nitrogens is 1. The molecule has 1 N–H and O–H groups in total. The van der Waals surface area contributed by atoms with Gasteiger partial charge in [0.05, 0.1) is 6.54 Å². The van der Waals surface area contributed by atoms with Crippen LogP contribution in [0.5, 0.6) is 0 Å². The third-order valence-electron chi connectivity index (χ3n) is 5.87. The normalized spacial score (nSPS) is 32.6. The van der Waals surface area contributed by atoms with Crippen LogP contribution in [0.3, 0.4) is 0 Å². The fourth-order valence-corrected chi connectivity index (χ4v) is 4.72. The molecule has 138 valence electrons. The summed E-state index contributed by atoms with van der Waals surface area (Å²) in [7, 11) is 0. The van der Waals surface area contributed by atoms with Crippen molar-refractivity contribution < 1.29 is 24.3 Å². The number of nitro groups is 2. The first-order chi connectivity index (χ1) is 12.2. The molecule has 4 atom stereocenters. The van der Waals surface area contributed by atoms with Crippen LogP contribution in [0, 0.1) is 26.1 Å². The standard InChI is InChI=1S/C17H19N3O6/c1-3-18-9-16(19(23)24)13-7-5-4-6-12(13)15(22)17(10-18,20(25)26)14(16)8-11(2)21/h4-7,14H,3,8-10H2,1-2H3/p+1/t14-,16-,17-/m1/s1. The van der Waals surface area contributed by atoms with Crippen molar-refractivity contribution in [3.63, 3.8) is 0 Å². The highest BCUT2D eigenvalue weighted by Crippen LogP contribution is 2.50. The molecule has 1 unspecified atom stereocenters. The molecule has 26 heavy (non-hydrogen) atoms. The molecule has 1 aromatic rings. The summed E-state index contributed by atoms with van der Waals surface area (Å²) in [4.78, 5) is 49.0. The minimum Gasteiger partial charge on any atom is -0.322 e. The van der Waals surface area contributed by atoms with E-state index in [0.717, 1.165) is 0 Å². The van der Waals surface area contributed by atoms with E-state index in [9.17, 15) is 29.8 Å². The van der Waals surface area contributed by atoms with Crippen molar-refractivity contribution in [1.82, 2.24) is 0 Å². The quantitative estimate of drug-likeness (QED) is 0.575. The van der Waals surface area contributed by atoms with E-state index in [1.165, 1.54) is 19.1 Å². The van der Waals surface area contributed by atoms with Crippen molar-refractivity contribution in [2.24, 2.45) is 5.92 Å². The molecule has 0 saturated carbocycles. The number of ketones is 2. The van der Waals surface area contributed by atoms with Gasteiger partial charge in [-0.2, -0.15) is 0 Å². The SMILES string of the molecule is CC[NH+]1C[C@]2([N+](=O)[O-])C(=O)c3ccccc3[C@]([N+](=O)[O-])(C1)[C@H]2CC(C)=O. The van der Waals surface area contributed by atoms with Crippen LogP contribution in [0.1, 0.15) is 36.2 Å². The molecular weight excluding hydrogens is 342 g/mol. The molecule has 9 nitrogen and oxygen atoms in total. The fraction of sp³-hybridized carbons (Fsp3) is 0.529. The van der Waals surface area contributed by atoms with Gasteiger partial charge in [0.2, 0.25) is 5.78 Å². The van der Waals surface area contributed by atoms with E-state index in [2.05, 4.69) is 0 Å². The summed E-state index contributed by atoms with van der Waals surface area (Å²) in [5.41, 5.74) is -3.80. The number of nitrogens with zero attached hydrogens (tertiary/aromatic N) is 2. The molecule has 2 bridgehead atoms. The lowest BCUT2D eigenvalue weighted by atomic mass is 9.56. The number of likely N-dealkylation sites (tertiary alicyclic amines) is 1. The van der Waals surface area contributed by atoms with Gasteiger partial charge in [-0.15, -0.1) is 0 Å². The number of benzene rings is 1. The van der Waals surface area contributed by atoms with Crippen LogP contribution in [-0.2, 0) is 10.3 Å². The number of piperidine rings is 1.